The second kappa shape index (κ2) is 44.9. The van der Waals surface area contributed by atoms with Crippen LogP contribution in [0.15, 0.2) is 42.2 Å². The van der Waals surface area contributed by atoms with Crippen molar-refractivity contribution < 1.29 is 30.6 Å². The van der Waals surface area contributed by atoms with E-state index in [9.17, 15) is 12.6 Å². The topological polar surface area (TPSA) is 184 Å². The molecule has 0 aliphatic heterocycles. The van der Waals surface area contributed by atoms with Crippen LogP contribution in [-0.2, 0) is 62.9 Å². The third-order valence-electron chi connectivity index (χ3n) is 16.3. The Balaban J connectivity index is 0.000000225. The number of nitrogens with zero attached hydrogens (tertiary/aromatic N) is 6. The number of benzene rings is 1. The minimum Gasteiger partial charge on any atom is -0.374 e. The molecule has 558 valence electrons. The molecule has 0 amide bonds. The van der Waals surface area contributed by atoms with E-state index in [1.807, 2.05) is 28.5 Å². The zero-order valence-electron chi connectivity index (χ0n) is 62.4. The summed E-state index contributed by atoms with van der Waals surface area (Å²) in [6.45, 7) is 47.8. The minimum absolute atomic E-state index is 0.109. The van der Waals surface area contributed by atoms with Gasteiger partial charge in [-0.1, -0.05) is 98.1 Å². The summed E-state index contributed by atoms with van der Waals surface area (Å²) in [5.41, 5.74) is 6.88. The first-order valence-electron chi connectivity index (χ1n) is 34.5. The maximum absolute atomic E-state index is 12.8. The second-order valence-electron chi connectivity index (χ2n) is 25.4. The van der Waals surface area contributed by atoms with Crippen LogP contribution < -0.4 is 14.9 Å². The van der Waals surface area contributed by atoms with E-state index in [0.717, 1.165) is 110 Å². The Hall–Kier alpha value is -2.22. The first-order valence-corrected chi connectivity index (χ1v) is 48.9. The van der Waals surface area contributed by atoms with Gasteiger partial charge in [-0.15, -0.1) is 84.4 Å². The standard InChI is InChI=1S/C17H19NOS3.C15H23NOS3.C15H23NOSe2.C13H20N2OS2.C12H18N2OS3.2OS/c1-10-14-15(11(2)20-10)21-16(18-14)22(19)13-8-6-12(7-9-13)17(3,4)5;1-5-7-8-12(6-2)9-20(17)15-16-13-10(3)18-11(4)14(13)19-15;1-5-7-8-12(6-2)9-17-15-16-13-10(3)18-11(4)14(13)19-15;1-5-7-15(8-6-2)16-13-14-11-9(3)17-10(4)12(11)18-13;1-4-5-13-6-7-18(15)12-14-10-8(2)16-9(3)11(10)17-12;2*1-2/h6-9H,1-5H3;12H,5-9H2,1-4H3;12H,5-9H2,1-4H3;5-8H2,1-4H3;13H,4-7H2,1-3H3;;. The fourth-order valence-corrected chi connectivity index (χ4v) is 28.8. The van der Waals surface area contributed by atoms with Crippen molar-refractivity contribution in [1.82, 2.24) is 35.3 Å². The zero-order valence-corrected chi connectivity index (χ0v) is 76.4. The van der Waals surface area contributed by atoms with Gasteiger partial charge in [0, 0.05) is 75.1 Å². The van der Waals surface area contributed by atoms with Crippen molar-refractivity contribution in [2.45, 2.75) is 232 Å². The molecule has 0 aliphatic carbocycles. The summed E-state index contributed by atoms with van der Waals surface area (Å²) in [5.74, 6) is 2.69. The average Bonchev–Trinajstić information content (AvgIpc) is 1.68. The van der Waals surface area contributed by atoms with Crippen molar-refractivity contribution in [3.05, 3.63) is 77.7 Å². The maximum atomic E-state index is 12.8. The van der Waals surface area contributed by atoms with Crippen LogP contribution in [0, 0.1) is 81.1 Å². The van der Waals surface area contributed by atoms with E-state index >= 15 is 0 Å². The van der Waals surface area contributed by atoms with E-state index in [1.165, 1.54) is 123 Å². The van der Waals surface area contributed by atoms with Gasteiger partial charge in [-0.05, 0) is 117 Å². The molecule has 101 heavy (non-hydrogen) atoms. The number of thiophene rings is 4. The van der Waals surface area contributed by atoms with Crippen LogP contribution in [-0.4, -0.2) is 124 Å². The minimum atomic E-state index is -1.20. The summed E-state index contributed by atoms with van der Waals surface area (Å²) in [7, 11) is -3.09. The van der Waals surface area contributed by atoms with Gasteiger partial charge in [0.05, 0.1) is 62.5 Å². The van der Waals surface area contributed by atoms with Crippen molar-refractivity contribution in [3.63, 3.8) is 0 Å². The normalized spacial score (nSPS) is 12.9. The number of ether oxygens (including phenoxy) is 1. The molecule has 0 spiro atoms. The fraction of sp³-hybridized carbons (Fsp3) is 0.569. The summed E-state index contributed by atoms with van der Waals surface area (Å²) >= 11 is 20.1. The Labute approximate surface area is 662 Å². The van der Waals surface area contributed by atoms with Gasteiger partial charge >= 0.3 is 128 Å². The van der Waals surface area contributed by atoms with E-state index in [-0.39, 0.29) is 5.41 Å². The van der Waals surface area contributed by atoms with Gasteiger partial charge in [0.2, 0.25) is 0 Å². The van der Waals surface area contributed by atoms with Gasteiger partial charge in [0.15, 0.2) is 38.1 Å². The molecule has 0 fully saturated rings. The number of fused-ring (bicyclic) bond motifs is 5. The third-order valence-corrected chi connectivity index (χ3v) is 35.6. The van der Waals surface area contributed by atoms with Crippen LogP contribution in [0.25, 0.3) is 50.6 Å². The number of hydrogen-bond acceptors (Lipinski definition) is 24. The largest absolute Gasteiger partial charge is 0.374 e. The van der Waals surface area contributed by atoms with Crippen molar-refractivity contribution in [2.24, 2.45) is 11.8 Å². The van der Waals surface area contributed by atoms with E-state index in [1.54, 1.807) is 83.8 Å². The molecule has 0 aliphatic rings. The molecule has 14 nitrogen and oxygen atoms in total. The quantitative estimate of drug-likeness (QED) is 0.0277. The molecule has 10 heterocycles. The Kier molecular flexibility index (Phi) is 39.8. The van der Waals surface area contributed by atoms with E-state index < -0.39 is 32.4 Å². The van der Waals surface area contributed by atoms with Crippen molar-refractivity contribution in [1.29, 1.82) is 0 Å². The Morgan fingerprint density at radius 3 is 1.40 bits per heavy atom. The van der Waals surface area contributed by atoms with Gasteiger partial charge < -0.3 is 10.2 Å². The van der Waals surface area contributed by atoms with Crippen LogP contribution in [0.1, 0.15) is 193 Å². The van der Waals surface area contributed by atoms with Crippen LogP contribution in [0.4, 0.5) is 0 Å². The van der Waals surface area contributed by atoms with Crippen LogP contribution in [0.5, 0.6) is 9.95 Å². The first kappa shape index (κ1) is 89.4. The van der Waals surface area contributed by atoms with Crippen LogP contribution in [0.3, 0.4) is 0 Å². The first-order chi connectivity index (χ1) is 48.3. The molecule has 11 rings (SSSR count). The number of aromatic nitrogens is 5. The molecule has 5 atom stereocenters. The van der Waals surface area contributed by atoms with Gasteiger partial charge in [0.1, 0.15) is 10.8 Å². The van der Waals surface area contributed by atoms with Gasteiger partial charge in [0.25, 0.3) is 5.19 Å². The molecule has 0 saturated heterocycles. The number of unbranched alkanes of at least 4 members (excludes halogenated alkanes) is 2. The van der Waals surface area contributed by atoms with E-state index in [0.29, 0.717) is 50.9 Å². The summed E-state index contributed by atoms with van der Waals surface area (Å²) in [4.78, 5) is 40.0. The summed E-state index contributed by atoms with van der Waals surface area (Å²) in [5, 5.41) is 6.07. The predicted octanol–water partition coefficient (Wildman–Crippen LogP) is 21.1. The molecule has 29 heteroatoms. The zero-order chi connectivity index (χ0) is 74.8. The van der Waals surface area contributed by atoms with Gasteiger partial charge in [-0.2, -0.15) is 8.42 Å². The summed E-state index contributed by atoms with van der Waals surface area (Å²) < 4.78 is 71.9. The third kappa shape index (κ3) is 25.7. The summed E-state index contributed by atoms with van der Waals surface area (Å²) in [6, 6.07) is 8.06. The number of rotatable bonds is 28. The Morgan fingerprint density at radius 1 is 0.505 bits per heavy atom. The molecule has 0 bridgehead atoms. The van der Waals surface area contributed by atoms with Crippen molar-refractivity contribution >= 4 is 228 Å². The number of nitrogens with one attached hydrogen (secondary N) is 1. The Bertz CT molecular complexity index is 4190. The molecular formula is C72H103N7O7S13Se2. The molecular weight excluding hydrogens is 1650 g/mol. The van der Waals surface area contributed by atoms with Crippen molar-refractivity contribution in [3.8, 4) is 9.95 Å². The van der Waals surface area contributed by atoms with Gasteiger partial charge in [-0.3, -0.25) is 8.42 Å². The van der Waals surface area contributed by atoms with E-state index in [2.05, 4.69) is 201 Å². The maximum Gasteiger partial charge on any atom is 0.295 e. The van der Waals surface area contributed by atoms with E-state index in [4.69, 9.17) is 23.0 Å². The fourth-order valence-electron chi connectivity index (χ4n) is 10.7. The second-order valence-corrected chi connectivity index (χ2v) is 45.1. The van der Waals surface area contributed by atoms with Crippen molar-refractivity contribution in [2.75, 3.05) is 44.3 Å². The smallest absolute Gasteiger partial charge is 0.295 e. The molecule has 0 radical (unpaired) electrons. The molecule has 10 aromatic heterocycles. The molecule has 0 saturated carbocycles. The van der Waals surface area contributed by atoms with Crippen LogP contribution in [0.2, 0.25) is 0 Å². The molecule has 1 N–H and O–H groups in total. The predicted molar refractivity (Wildman–Crippen MR) is 450 cm³/mol. The molecule has 1 aromatic carbocycles. The number of hydrogen-bond donors (Lipinski definition) is 1. The molecule has 5 unspecified atom stereocenters. The average molecular weight is 1750 g/mol. The number of aryl methyl sites for hydroxylation is 10. The number of thiazole rings is 4. The number of hydroxylamine groups is 2. The molecule has 11 aromatic rings. The summed E-state index contributed by atoms with van der Waals surface area (Å²) in [6.07, 6.45) is 13.2. The SMILES string of the molecule is CCCCC(CC)COc1nc2c(C)[se]c(C)c2[se]1.CCCCC(CC)CS(=O)c1nc2c(C)sc(C)c2s1.CCCN(CCC)Oc1nc2c(C)sc(C)c2s1.CCCNCCS(=O)c1nc2c(C)sc(C)c2s1.Cc1sc(C)c2sc(S(=O)c3ccc(C(C)(C)C)cc3)nc12.O=S.O=S. The van der Waals surface area contributed by atoms with Crippen LogP contribution >= 0.6 is 90.7 Å². The Morgan fingerprint density at radius 2 is 0.960 bits per heavy atom. The van der Waals surface area contributed by atoms with Gasteiger partial charge in [-0.25, -0.2) is 24.1 Å². The monoisotopic (exact) mass is 1750 g/mol.